The molecule has 3 aromatic rings. The first-order chi connectivity index (χ1) is 17.8. The van der Waals surface area contributed by atoms with Gasteiger partial charge in [0.2, 0.25) is 0 Å². The number of pyridine rings is 1. The molecule has 0 radical (unpaired) electrons. The van der Waals surface area contributed by atoms with Gasteiger partial charge in [0.15, 0.2) is 5.75 Å². The Bertz CT molecular complexity index is 1400. The first kappa shape index (κ1) is 26.9. The third kappa shape index (κ3) is 6.21. The Morgan fingerprint density at radius 2 is 1.79 bits per heavy atom. The van der Waals surface area contributed by atoms with Gasteiger partial charge in [0.25, 0.3) is 11.5 Å². The van der Waals surface area contributed by atoms with Crippen molar-refractivity contribution in [1.29, 1.82) is 0 Å². The van der Waals surface area contributed by atoms with Crippen LogP contribution in [-0.2, 0) is 6.18 Å². The van der Waals surface area contributed by atoms with Gasteiger partial charge < -0.3 is 25.1 Å². The molecule has 3 N–H and O–H groups in total. The number of aromatic nitrogens is 1. The number of H-pyrrole nitrogens is 1. The van der Waals surface area contributed by atoms with Crippen LogP contribution in [0.2, 0.25) is 0 Å². The van der Waals surface area contributed by atoms with Crippen molar-refractivity contribution in [2.24, 2.45) is 0 Å². The van der Waals surface area contributed by atoms with Crippen LogP contribution in [0, 0.1) is 5.82 Å². The third-order valence-corrected chi connectivity index (χ3v) is 5.61. The van der Waals surface area contributed by atoms with E-state index in [-0.39, 0.29) is 23.7 Å². The maximum atomic E-state index is 14.7. The van der Waals surface area contributed by atoms with Gasteiger partial charge in [-0.3, -0.25) is 4.79 Å². The van der Waals surface area contributed by atoms with Gasteiger partial charge in [-0.25, -0.2) is 18.0 Å². The first-order valence-electron chi connectivity index (χ1n) is 11.3. The molecule has 1 saturated carbocycles. The van der Waals surface area contributed by atoms with Crippen LogP contribution in [0.25, 0.3) is 11.1 Å². The van der Waals surface area contributed by atoms with Gasteiger partial charge in [0.1, 0.15) is 17.7 Å². The van der Waals surface area contributed by atoms with E-state index in [2.05, 4.69) is 15.6 Å². The summed E-state index contributed by atoms with van der Waals surface area (Å²) < 4.78 is 91.6. The van der Waals surface area contributed by atoms with Gasteiger partial charge in [0, 0.05) is 30.3 Å². The number of amides is 2. The van der Waals surface area contributed by atoms with E-state index < -0.39 is 59.8 Å². The van der Waals surface area contributed by atoms with Crippen molar-refractivity contribution in [2.45, 2.75) is 38.0 Å². The lowest BCUT2D eigenvalue weighted by Crippen LogP contribution is -2.43. The molecule has 0 bridgehead atoms. The zero-order valence-corrected chi connectivity index (χ0v) is 19.7. The fourth-order valence-electron chi connectivity index (χ4n) is 3.77. The molecule has 38 heavy (non-hydrogen) atoms. The molecule has 4 rings (SSSR count). The molecule has 2 amide bonds. The van der Waals surface area contributed by atoms with E-state index in [0.717, 1.165) is 18.2 Å². The van der Waals surface area contributed by atoms with Gasteiger partial charge in [0.05, 0.1) is 17.9 Å². The Morgan fingerprint density at radius 3 is 2.42 bits per heavy atom. The smallest absolute Gasteiger partial charge is 0.420 e. The minimum Gasteiger partial charge on any atom is -0.489 e. The number of hydrogen-bond donors (Lipinski definition) is 3. The minimum absolute atomic E-state index is 0.0484. The summed E-state index contributed by atoms with van der Waals surface area (Å²) in [4.78, 5) is 26.6. The largest absolute Gasteiger partial charge is 0.489 e. The lowest BCUT2D eigenvalue weighted by atomic mass is 9.91. The van der Waals surface area contributed by atoms with Crippen LogP contribution in [0.15, 0.2) is 53.5 Å². The second-order valence-corrected chi connectivity index (χ2v) is 8.50. The zero-order valence-electron chi connectivity index (χ0n) is 19.7. The highest BCUT2D eigenvalue weighted by Gasteiger charge is 2.48. The van der Waals surface area contributed by atoms with Crippen molar-refractivity contribution in [3.63, 3.8) is 0 Å². The third-order valence-electron chi connectivity index (χ3n) is 5.61. The highest BCUT2D eigenvalue weighted by molar-refractivity contribution is 6.00. The highest BCUT2D eigenvalue weighted by Crippen LogP contribution is 2.43. The van der Waals surface area contributed by atoms with E-state index in [1.165, 1.54) is 24.4 Å². The molecule has 2 aromatic carbocycles. The number of ether oxygens (including phenoxy) is 2. The number of anilines is 2. The average molecular weight is 541 g/mol. The number of carbonyl (C=O) groups is 1. The molecule has 0 unspecified atom stereocenters. The van der Waals surface area contributed by atoms with E-state index in [0.29, 0.717) is 17.2 Å². The Balaban J connectivity index is 1.46. The average Bonchev–Trinajstić information content (AvgIpc) is 2.81. The first-order valence-corrected chi connectivity index (χ1v) is 11.3. The maximum absolute atomic E-state index is 14.7. The van der Waals surface area contributed by atoms with Crippen molar-refractivity contribution in [2.75, 3.05) is 17.2 Å². The normalized spacial score (nSPS) is 14.9. The molecule has 1 fully saturated rings. The van der Waals surface area contributed by atoms with E-state index in [1.54, 1.807) is 6.92 Å². The molecular weight excluding hydrogens is 520 g/mol. The fourth-order valence-corrected chi connectivity index (χ4v) is 3.77. The second kappa shape index (κ2) is 10.3. The van der Waals surface area contributed by atoms with Crippen LogP contribution in [0.3, 0.4) is 0 Å². The fraction of sp³-hybridized carbons (Fsp3) is 0.280. The van der Waals surface area contributed by atoms with Gasteiger partial charge in [-0.1, -0.05) is 6.07 Å². The summed E-state index contributed by atoms with van der Waals surface area (Å²) >= 11 is 0. The molecule has 13 heteroatoms. The Labute approximate surface area is 211 Å². The summed E-state index contributed by atoms with van der Waals surface area (Å²) in [5, 5.41) is 4.38. The predicted molar refractivity (Wildman–Crippen MR) is 126 cm³/mol. The zero-order chi connectivity index (χ0) is 27.7. The number of aromatic amines is 1. The molecule has 1 aromatic heterocycles. The van der Waals surface area contributed by atoms with Crippen LogP contribution in [0.5, 0.6) is 11.5 Å². The quantitative estimate of drug-likeness (QED) is 0.301. The lowest BCUT2D eigenvalue weighted by molar-refractivity contribution is -0.147. The monoisotopic (exact) mass is 541 g/mol. The van der Waals surface area contributed by atoms with Gasteiger partial charge in [-0.2, -0.15) is 13.2 Å². The number of benzene rings is 2. The summed E-state index contributed by atoms with van der Waals surface area (Å²) in [7, 11) is 0. The molecule has 0 atom stereocenters. The molecular formula is C25H21F6N3O4. The predicted octanol–water partition coefficient (Wildman–Crippen LogP) is 6.42. The maximum Gasteiger partial charge on any atom is 0.420 e. The van der Waals surface area contributed by atoms with E-state index in [4.69, 9.17) is 9.47 Å². The molecule has 7 nitrogen and oxygen atoms in total. The molecule has 1 aliphatic rings. The lowest BCUT2D eigenvalue weighted by Gasteiger charge is -2.35. The Morgan fingerprint density at radius 1 is 1.05 bits per heavy atom. The van der Waals surface area contributed by atoms with Gasteiger partial charge >= 0.3 is 12.2 Å². The van der Waals surface area contributed by atoms with Gasteiger partial charge in [-0.05, 0) is 48.9 Å². The van der Waals surface area contributed by atoms with E-state index >= 15 is 0 Å². The molecule has 0 aliphatic heterocycles. The van der Waals surface area contributed by atoms with Crippen molar-refractivity contribution < 1.29 is 40.6 Å². The van der Waals surface area contributed by atoms with Crippen LogP contribution in [0.1, 0.15) is 25.3 Å². The van der Waals surface area contributed by atoms with E-state index in [1.807, 2.05) is 0 Å². The van der Waals surface area contributed by atoms with Crippen LogP contribution < -0.4 is 25.7 Å². The summed E-state index contributed by atoms with van der Waals surface area (Å²) in [5.41, 5.74) is -1.45. The molecule has 202 valence electrons. The molecule has 1 aliphatic carbocycles. The molecule has 1 heterocycles. The van der Waals surface area contributed by atoms with Gasteiger partial charge in [-0.15, -0.1) is 0 Å². The Hall–Kier alpha value is -4.16. The highest BCUT2D eigenvalue weighted by atomic mass is 19.4. The number of carbonyl (C=O) groups excluding carboxylic acids is 1. The second-order valence-electron chi connectivity index (χ2n) is 8.50. The number of halogens is 6. The van der Waals surface area contributed by atoms with E-state index in [9.17, 15) is 35.9 Å². The number of alkyl halides is 5. The summed E-state index contributed by atoms with van der Waals surface area (Å²) in [5.74, 6) is -4.41. The number of urea groups is 1. The van der Waals surface area contributed by atoms with Crippen LogP contribution in [-0.4, -0.2) is 29.6 Å². The van der Waals surface area contributed by atoms with Crippen molar-refractivity contribution in [3.05, 3.63) is 70.4 Å². The van der Waals surface area contributed by atoms with Crippen molar-refractivity contribution >= 4 is 17.4 Å². The summed E-state index contributed by atoms with van der Waals surface area (Å²) in [6.07, 6.45) is -5.95. The minimum atomic E-state index is -4.89. The van der Waals surface area contributed by atoms with Crippen LogP contribution >= 0.6 is 0 Å². The summed E-state index contributed by atoms with van der Waals surface area (Å²) in [6.45, 7) is 1.95. The summed E-state index contributed by atoms with van der Waals surface area (Å²) in [6, 6.07) is 6.81. The van der Waals surface area contributed by atoms with Crippen LogP contribution in [0.4, 0.5) is 42.5 Å². The number of rotatable bonds is 7. The molecule has 0 saturated heterocycles. The SMILES string of the molecule is CCOc1cc(-c2ccc(NC(=O)Nc3ccc(OC4CC(F)(F)C4)c(C(F)(F)F)c3)c(F)c2)c[nH]c1=O. The Kier molecular flexibility index (Phi) is 7.29. The standard InChI is InChI=1S/C25H21F6N3O4/c1-2-37-21-8-14(12-32-22(21)35)13-3-5-19(18(26)7-13)34-23(36)33-15-4-6-20(17(9-15)25(29,30)31)38-16-10-24(27,28)11-16/h3-9,12,16H,2,10-11H2,1H3,(H,32,35)(H2,33,34,36). The topological polar surface area (TPSA) is 92.4 Å². The number of nitrogens with one attached hydrogen (secondary N) is 3. The molecule has 0 spiro atoms. The number of hydrogen-bond acceptors (Lipinski definition) is 4. The van der Waals surface area contributed by atoms with Crippen molar-refractivity contribution in [3.8, 4) is 22.6 Å². The van der Waals surface area contributed by atoms with Crippen molar-refractivity contribution in [1.82, 2.24) is 4.98 Å².